The Kier molecular flexibility index (Phi) is 2.38. The van der Waals surface area contributed by atoms with E-state index in [9.17, 15) is 0 Å². The zero-order valence-electron chi connectivity index (χ0n) is 7.91. The first-order chi connectivity index (χ1) is 5.08. The molecule has 0 radical (unpaired) electrons. The molecule has 0 heterocycles. The summed E-state index contributed by atoms with van der Waals surface area (Å²) in [6.45, 7) is 8.41. The van der Waals surface area contributed by atoms with Crippen LogP contribution < -0.4 is 5.32 Å². The molecule has 0 spiro atoms. The lowest BCUT2D eigenvalue weighted by atomic mass is 9.93. The third-order valence-corrected chi connectivity index (χ3v) is 2.78. The lowest BCUT2D eigenvalue weighted by molar-refractivity contribution is 0.376. The monoisotopic (exact) mass is 153 g/mol. The fraction of sp³-hybridized carbons (Fsp3) is 0.800. The lowest BCUT2D eigenvalue weighted by Crippen LogP contribution is -2.33. The van der Waals surface area contributed by atoms with Gasteiger partial charge in [-0.05, 0) is 38.6 Å². The van der Waals surface area contributed by atoms with Gasteiger partial charge in [0.05, 0.1) is 0 Å². The van der Waals surface area contributed by atoms with E-state index in [2.05, 4.69) is 32.8 Å². The van der Waals surface area contributed by atoms with E-state index in [1.165, 1.54) is 18.4 Å². The highest BCUT2D eigenvalue weighted by Crippen LogP contribution is 2.49. The minimum atomic E-state index is 0.577. The van der Waals surface area contributed by atoms with Gasteiger partial charge in [-0.1, -0.05) is 12.5 Å². The first kappa shape index (κ1) is 8.79. The largest absolute Gasteiger partial charge is 0.316 e. The third kappa shape index (κ3) is 2.06. The molecule has 1 aliphatic carbocycles. The van der Waals surface area contributed by atoms with Crippen molar-refractivity contribution in [1.29, 1.82) is 0 Å². The highest BCUT2D eigenvalue weighted by molar-refractivity contribution is 5.04. The second-order valence-electron chi connectivity index (χ2n) is 4.16. The van der Waals surface area contributed by atoms with E-state index in [-0.39, 0.29) is 0 Å². The van der Waals surface area contributed by atoms with E-state index in [0.29, 0.717) is 11.5 Å². The fourth-order valence-electron chi connectivity index (χ4n) is 1.59. The van der Waals surface area contributed by atoms with Crippen LogP contribution in [0.5, 0.6) is 0 Å². The Labute approximate surface area is 69.9 Å². The summed E-state index contributed by atoms with van der Waals surface area (Å²) < 4.78 is 0. The maximum Gasteiger partial charge on any atom is 0.0155 e. The molecule has 1 aliphatic rings. The van der Waals surface area contributed by atoms with Gasteiger partial charge in [0, 0.05) is 6.04 Å². The molecule has 1 heteroatoms. The molecule has 0 bridgehead atoms. The Hall–Kier alpha value is -0.300. The minimum absolute atomic E-state index is 0.577. The number of hydrogen-bond donors (Lipinski definition) is 1. The van der Waals surface area contributed by atoms with Crippen molar-refractivity contribution >= 4 is 0 Å². The van der Waals surface area contributed by atoms with Crippen LogP contribution in [0.25, 0.3) is 0 Å². The van der Waals surface area contributed by atoms with Crippen molar-refractivity contribution in [2.24, 2.45) is 5.41 Å². The molecule has 0 aliphatic heterocycles. The van der Waals surface area contributed by atoms with Gasteiger partial charge in [-0.15, -0.1) is 6.58 Å². The standard InChI is InChI=1S/C10H19N/c1-8(2)7-9(11-4)10(3)5-6-10/h9,11H,1,5-7H2,2-4H3. The molecule has 1 atom stereocenters. The minimum Gasteiger partial charge on any atom is -0.316 e. The topological polar surface area (TPSA) is 12.0 Å². The van der Waals surface area contributed by atoms with E-state index in [1.807, 2.05) is 0 Å². The number of rotatable bonds is 4. The summed E-state index contributed by atoms with van der Waals surface area (Å²) in [7, 11) is 2.05. The van der Waals surface area contributed by atoms with Crippen LogP contribution in [0, 0.1) is 5.41 Å². The van der Waals surface area contributed by atoms with Gasteiger partial charge in [0.15, 0.2) is 0 Å². The molecular formula is C10H19N. The van der Waals surface area contributed by atoms with E-state index in [4.69, 9.17) is 0 Å². The van der Waals surface area contributed by atoms with Crippen LogP contribution in [-0.4, -0.2) is 13.1 Å². The van der Waals surface area contributed by atoms with Gasteiger partial charge in [0.2, 0.25) is 0 Å². The Morgan fingerprint density at radius 2 is 2.18 bits per heavy atom. The van der Waals surface area contributed by atoms with Crippen molar-refractivity contribution < 1.29 is 0 Å². The smallest absolute Gasteiger partial charge is 0.0155 e. The van der Waals surface area contributed by atoms with Gasteiger partial charge in [-0.3, -0.25) is 0 Å². The molecule has 64 valence electrons. The molecule has 0 aromatic rings. The summed E-state index contributed by atoms with van der Waals surface area (Å²) in [6.07, 6.45) is 3.89. The second kappa shape index (κ2) is 2.98. The van der Waals surface area contributed by atoms with E-state index in [0.717, 1.165) is 6.42 Å². The van der Waals surface area contributed by atoms with Gasteiger partial charge in [-0.2, -0.15) is 0 Å². The molecule has 0 aromatic carbocycles. The Balaban J connectivity index is 2.43. The second-order valence-corrected chi connectivity index (χ2v) is 4.16. The van der Waals surface area contributed by atoms with Gasteiger partial charge in [-0.25, -0.2) is 0 Å². The molecular weight excluding hydrogens is 134 g/mol. The van der Waals surface area contributed by atoms with Gasteiger partial charge in [0.1, 0.15) is 0 Å². The Bertz CT molecular complexity index is 156. The zero-order valence-corrected chi connectivity index (χ0v) is 7.91. The van der Waals surface area contributed by atoms with Crippen molar-refractivity contribution in [2.45, 2.75) is 39.2 Å². The summed E-state index contributed by atoms with van der Waals surface area (Å²) in [5, 5.41) is 3.38. The first-order valence-corrected chi connectivity index (χ1v) is 4.40. The lowest BCUT2D eigenvalue weighted by Gasteiger charge is -2.22. The number of hydrogen-bond acceptors (Lipinski definition) is 1. The summed E-state index contributed by atoms with van der Waals surface area (Å²) >= 11 is 0. The van der Waals surface area contributed by atoms with Gasteiger partial charge in [0.25, 0.3) is 0 Å². The number of nitrogens with one attached hydrogen (secondary N) is 1. The average molecular weight is 153 g/mol. The van der Waals surface area contributed by atoms with Crippen molar-refractivity contribution in [2.75, 3.05) is 7.05 Å². The van der Waals surface area contributed by atoms with Crippen LogP contribution in [0.3, 0.4) is 0 Å². The molecule has 1 unspecified atom stereocenters. The van der Waals surface area contributed by atoms with Crippen LogP contribution in [0.4, 0.5) is 0 Å². The molecule has 1 saturated carbocycles. The third-order valence-electron chi connectivity index (χ3n) is 2.78. The molecule has 11 heavy (non-hydrogen) atoms. The predicted molar refractivity (Wildman–Crippen MR) is 49.6 cm³/mol. The van der Waals surface area contributed by atoms with Gasteiger partial charge >= 0.3 is 0 Å². The molecule has 1 fully saturated rings. The summed E-state index contributed by atoms with van der Waals surface area (Å²) in [4.78, 5) is 0. The summed E-state index contributed by atoms with van der Waals surface area (Å²) in [6, 6.07) is 0.653. The molecule has 0 aromatic heterocycles. The first-order valence-electron chi connectivity index (χ1n) is 4.40. The Morgan fingerprint density at radius 1 is 1.64 bits per heavy atom. The average Bonchev–Trinajstić information content (AvgIpc) is 2.63. The van der Waals surface area contributed by atoms with Crippen molar-refractivity contribution in [3.8, 4) is 0 Å². The highest BCUT2D eigenvalue weighted by Gasteiger charge is 2.43. The van der Waals surface area contributed by atoms with E-state index in [1.54, 1.807) is 0 Å². The van der Waals surface area contributed by atoms with Crippen LogP contribution >= 0.6 is 0 Å². The molecule has 0 saturated heterocycles. The quantitative estimate of drug-likeness (QED) is 0.611. The van der Waals surface area contributed by atoms with Crippen molar-refractivity contribution in [3.05, 3.63) is 12.2 Å². The zero-order chi connectivity index (χ0) is 8.48. The van der Waals surface area contributed by atoms with Crippen LogP contribution in [0.2, 0.25) is 0 Å². The van der Waals surface area contributed by atoms with Crippen LogP contribution in [0.1, 0.15) is 33.1 Å². The maximum absolute atomic E-state index is 3.94. The molecule has 1 rings (SSSR count). The van der Waals surface area contributed by atoms with Gasteiger partial charge < -0.3 is 5.32 Å². The van der Waals surface area contributed by atoms with Crippen molar-refractivity contribution in [1.82, 2.24) is 5.32 Å². The van der Waals surface area contributed by atoms with Crippen molar-refractivity contribution in [3.63, 3.8) is 0 Å². The fourth-order valence-corrected chi connectivity index (χ4v) is 1.59. The van der Waals surface area contributed by atoms with Crippen LogP contribution in [-0.2, 0) is 0 Å². The highest BCUT2D eigenvalue weighted by atomic mass is 14.9. The van der Waals surface area contributed by atoms with E-state index < -0.39 is 0 Å². The van der Waals surface area contributed by atoms with Crippen LogP contribution in [0.15, 0.2) is 12.2 Å². The van der Waals surface area contributed by atoms with E-state index >= 15 is 0 Å². The Morgan fingerprint density at radius 3 is 2.45 bits per heavy atom. The molecule has 0 amide bonds. The molecule has 1 nitrogen and oxygen atoms in total. The SMILES string of the molecule is C=C(C)CC(NC)C1(C)CC1. The molecule has 1 N–H and O–H groups in total. The predicted octanol–water partition coefficient (Wildman–Crippen LogP) is 2.34. The summed E-state index contributed by atoms with van der Waals surface area (Å²) in [5.41, 5.74) is 1.87. The normalized spacial score (nSPS) is 22.8. The summed E-state index contributed by atoms with van der Waals surface area (Å²) in [5.74, 6) is 0. The maximum atomic E-state index is 3.94.